The van der Waals surface area contributed by atoms with Crippen LogP contribution in [0.5, 0.6) is 5.75 Å². The standard InChI is InChI=1S/C36H42N8O6S2/c37-36(38)40-11-3-6-30(35(46)47)41-34(45)33-29(10-19-51-33)42-52(48,49)31-21-27(20-25-9-18-50-32(25)31)28-5-2-1-4-26(28)23-44-16-14-43(15-17-44)22-24-7-12-39-13-8-24/h1-2,4-5,7-8,10,12-13,19-21,30,42H,3,6,9,11,14-18,22-23H2,(H,41,45)(H,46,47)(H4,37,38,40)/t30-/m0/s1. The van der Waals surface area contributed by atoms with Crippen molar-refractivity contribution >= 4 is 44.9 Å². The first-order valence-electron chi connectivity index (χ1n) is 17.0. The fourth-order valence-electron chi connectivity index (χ4n) is 6.41. The zero-order valence-corrected chi connectivity index (χ0v) is 30.2. The van der Waals surface area contributed by atoms with Gasteiger partial charge in [0.05, 0.1) is 12.3 Å². The van der Waals surface area contributed by atoms with Crippen LogP contribution in [-0.2, 0) is 34.3 Å². The molecule has 0 unspecified atom stereocenters. The summed E-state index contributed by atoms with van der Waals surface area (Å²) in [7, 11) is -4.26. The predicted octanol–water partition coefficient (Wildman–Crippen LogP) is 3.10. The largest absolute Gasteiger partial charge is 0.492 e. The lowest BCUT2D eigenvalue weighted by Gasteiger charge is -2.35. The number of hydrogen-bond acceptors (Lipinski definition) is 10. The molecule has 2 aliphatic rings. The third-order valence-electron chi connectivity index (χ3n) is 9.05. The lowest BCUT2D eigenvalue weighted by Crippen LogP contribution is -2.45. The summed E-state index contributed by atoms with van der Waals surface area (Å²) >= 11 is 0.995. The van der Waals surface area contributed by atoms with Gasteiger partial charge < -0.3 is 26.6 Å². The van der Waals surface area contributed by atoms with Gasteiger partial charge >= 0.3 is 5.97 Å². The highest BCUT2D eigenvalue weighted by Crippen LogP contribution is 2.39. The number of carboxylic acid groups (broad SMARTS) is 1. The fourth-order valence-corrected chi connectivity index (χ4v) is 8.51. The second kappa shape index (κ2) is 16.5. The molecule has 0 bridgehead atoms. The number of anilines is 1. The molecular weight excluding hydrogens is 705 g/mol. The van der Waals surface area contributed by atoms with Crippen molar-refractivity contribution in [2.75, 3.05) is 44.1 Å². The molecule has 14 nitrogen and oxygen atoms in total. The molecule has 4 aromatic rings. The molecule has 0 spiro atoms. The molecule has 1 saturated heterocycles. The van der Waals surface area contributed by atoms with E-state index in [1.54, 1.807) is 11.4 Å². The number of aromatic nitrogens is 1. The number of nitrogens with one attached hydrogen (secondary N) is 2. The molecule has 1 atom stereocenters. The van der Waals surface area contributed by atoms with E-state index >= 15 is 0 Å². The molecule has 274 valence electrons. The average Bonchev–Trinajstić information content (AvgIpc) is 3.80. The molecule has 2 aromatic carbocycles. The molecule has 52 heavy (non-hydrogen) atoms. The van der Waals surface area contributed by atoms with Crippen molar-refractivity contribution in [3.63, 3.8) is 0 Å². The van der Waals surface area contributed by atoms with E-state index in [1.807, 2.05) is 48.8 Å². The number of carbonyl (C=O) groups excluding carboxylic acids is 1. The lowest BCUT2D eigenvalue weighted by atomic mass is 9.97. The van der Waals surface area contributed by atoms with Gasteiger partial charge in [-0.25, -0.2) is 13.2 Å². The van der Waals surface area contributed by atoms with E-state index in [1.165, 1.54) is 11.6 Å². The number of benzene rings is 2. The van der Waals surface area contributed by atoms with Crippen LogP contribution in [0.1, 0.15) is 39.2 Å². The number of rotatable bonds is 15. The minimum atomic E-state index is -4.26. The second-order valence-corrected chi connectivity index (χ2v) is 15.3. The number of carboxylic acids is 1. The van der Waals surface area contributed by atoms with Gasteiger partial charge in [0, 0.05) is 64.6 Å². The summed E-state index contributed by atoms with van der Waals surface area (Å²) in [6.45, 7) is 5.84. The first-order valence-corrected chi connectivity index (χ1v) is 19.3. The van der Waals surface area contributed by atoms with Crippen LogP contribution < -0.4 is 26.2 Å². The highest BCUT2D eigenvalue weighted by Gasteiger charge is 2.30. The Labute approximate surface area is 306 Å². The molecule has 1 amide bonds. The number of hydrogen-bond donors (Lipinski definition) is 5. The monoisotopic (exact) mass is 746 g/mol. The molecule has 6 rings (SSSR count). The van der Waals surface area contributed by atoms with Crippen LogP contribution in [0, 0.1) is 0 Å². The van der Waals surface area contributed by atoms with Crippen LogP contribution in [0.4, 0.5) is 5.69 Å². The molecule has 0 radical (unpaired) electrons. The Hall–Kier alpha value is -5.03. The fraction of sp³-hybridized carbons (Fsp3) is 0.333. The van der Waals surface area contributed by atoms with Gasteiger partial charge in [-0.15, -0.1) is 11.3 Å². The summed E-state index contributed by atoms with van der Waals surface area (Å²) in [5.41, 5.74) is 15.5. The first kappa shape index (κ1) is 36.8. The number of carbonyl (C=O) groups is 2. The SMILES string of the molecule is NC(N)=NCCC[C@H](NC(=O)c1sccc1NS(=O)(=O)c1cc(-c2ccccc2CN2CCN(Cc3ccncc3)CC2)cc2c1OCC2)C(=O)O. The number of nitrogens with zero attached hydrogens (tertiary/aromatic N) is 4. The van der Waals surface area contributed by atoms with Gasteiger partial charge in [-0.3, -0.25) is 29.3 Å². The van der Waals surface area contributed by atoms with Crippen molar-refractivity contribution < 1.29 is 27.9 Å². The van der Waals surface area contributed by atoms with Crippen molar-refractivity contribution in [3.8, 4) is 16.9 Å². The predicted molar refractivity (Wildman–Crippen MR) is 200 cm³/mol. The van der Waals surface area contributed by atoms with E-state index < -0.39 is 27.9 Å². The van der Waals surface area contributed by atoms with Crippen molar-refractivity contribution in [1.29, 1.82) is 0 Å². The summed E-state index contributed by atoms with van der Waals surface area (Å²) < 4.78 is 36.6. The van der Waals surface area contributed by atoms with E-state index in [9.17, 15) is 23.1 Å². The molecular formula is C36H42N8O6S2. The van der Waals surface area contributed by atoms with E-state index in [-0.39, 0.29) is 40.1 Å². The highest BCUT2D eigenvalue weighted by atomic mass is 32.2. The quantitative estimate of drug-likeness (QED) is 0.0679. The van der Waals surface area contributed by atoms with Crippen molar-refractivity contribution in [1.82, 2.24) is 20.1 Å². The van der Waals surface area contributed by atoms with E-state index in [2.05, 4.69) is 35.9 Å². The van der Waals surface area contributed by atoms with Gasteiger partial charge in [-0.05, 0) is 76.4 Å². The van der Waals surface area contributed by atoms with Crippen LogP contribution in [0.2, 0.25) is 0 Å². The van der Waals surface area contributed by atoms with Crippen molar-refractivity contribution in [2.24, 2.45) is 16.5 Å². The van der Waals surface area contributed by atoms with Crippen LogP contribution in [0.3, 0.4) is 0 Å². The van der Waals surface area contributed by atoms with Crippen LogP contribution >= 0.6 is 11.3 Å². The summed E-state index contributed by atoms with van der Waals surface area (Å²) in [5.74, 6) is -1.78. The Kier molecular flexibility index (Phi) is 11.7. The molecule has 16 heteroatoms. The molecule has 2 aromatic heterocycles. The molecule has 4 heterocycles. The maximum Gasteiger partial charge on any atom is 0.326 e. The summed E-state index contributed by atoms with van der Waals surface area (Å²) in [6.07, 6.45) is 4.58. The lowest BCUT2D eigenvalue weighted by molar-refractivity contribution is -0.139. The maximum absolute atomic E-state index is 14.1. The van der Waals surface area contributed by atoms with Gasteiger partial charge in [0.2, 0.25) is 0 Å². The van der Waals surface area contributed by atoms with Gasteiger partial charge in [0.25, 0.3) is 15.9 Å². The first-order chi connectivity index (χ1) is 25.1. The Morgan fingerprint density at radius 2 is 1.75 bits per heavy atom. The Morgan fingerprint density at radius 1 is 1.02 bits per heavy atom. The number of aliphatic carboxylic acids is 1. The summed E-state index contributed by atoms with van der Waals surface area (Å²) in [6, 6.07) is 16.0. The molecule has 7 N–H and O–H groups in total. The van der Waals surface area contributed by atoms with Crippen molar-refractivity contribution in [3.05, 3.63) is 93.9 Å². The maximum atomic E-state index is 14.1. The number of ether oxygens (including phenoxy) is 1. The van der Waals surface area contributed by atoms with Gasteiger partial charge in [-0.2, -0.15) is 0 Å². The number of piperazine rings is 1. The number of fused-ring (bicyclic) bond motifs is 1. The third kappa shape index (κ3) is 9.06. The van der Waals surface area contributed by atoms with E-state index in [4.69, 9.17) is 16.2 Å². The number of nitrogens with two attached hydrogens (primary N) is 2. The Balaban J connectivity index is 1.18. The zero-order valence-electron chi connectivity index (χ0n) is 28.5. The average molecular weight is 747 g/mol. The van der Waals surface area contributed by atoms with Crippen LogP contribution in [0.15, 0.2) is 82.3 Å². The molecule has 0 saturated carbocycles. The molecule has 1 fully saturated rings. The van der Waals surface area contributed by atoms with Crippen molar-refractivity contribution in [2.45, 2.75) is 43.3 Å². The molecule has 2 aliphatic heterocycles. The number of sulfonamides is 1. The highest BCUT2D eigenvalue weighted by molar-refractivity contribution is 7.92. The van der Waals surface area contributed by atoms with Gasteiger partial charge in [0.1, 0.15) is 21.6 Å². The number of amides is 1. The Morgan fingerprint density at radius 3 is 2.48 bits per heavy atom. The Bertz CT molecular complexity index is 2030. The van der Waals surface area contributed by atoms with Crippen LogP contribution in [-0.4, -0.2) is 91.5 Å². The van der Waals surface area contributed by atoms with E-state index in [0.29, 0.717) is 26.0 Å². The summed E-state index contributed by atoms with van der Waals surface area (Å²) in [4.78, 5) is 37.9. The number of thiophene rings is 1. The number of guanidine groups is 1. The van der Waals surface area contributed by atoms with Gasteiger partial charge in [-0.1, -0.05) is 24.3 Å². The van der Waals surface area contributed by atoms with E-state index in [0.717, 1.165) is 66.3 Å². The molecule has 0 aliphatic carbocycles. The zero-order chi connectivity index (χ0) is 36.7. The van der Waals surface area contributed by atoms with Gasteiger partial charge in [0.15, 0.2) is 5.96 Å². The number of pyridine rings is 1. The smallest absolute Gasteiger partial charge is 0.326 e. The normalized spacial score (nSPS) is 15.3. The third-order valence-corrected chi connectivity index (χ3v) is 11.3. The minimum Gasteiger partial charge on any atom is -0.492 e. The second-order valence-electron chi connectivity index (χ2n) is 12.7. The minimum absolute atomic E-state index is 0.0268. The summed E-state index contributed by atoms with van der Waals surface area (Å²) in [5, 5.41) is 13.7. The topological polar surface area (TPSA) is 206 Å². The van der Waals surface area contributed by atoms with Crippen LogP contribution in [0.25, 0.3) is 11.1 Å². The number of aliphatic imine (C=N–C) groups is 1.